The molecule has 0 bridgehead atoms. The number of nitrogens with one attached hydrogen (secondary N) is 1. The minimum atomic E-state index is -0.692. The first-order valence-corrected chi connectivity index (χ1v) is 5.88. The predicted molar refractivity (Wildman–Crippen MR) is 62.8 cm³/mol. The van der Waals surface area contributed by atoms with Gasteiger partial charge in [0, 0.05) is 30.6 Å². The van der Waals surface area contributed by atoms with Gasteiger partial charge in [-0.2, -0.15) is 0 Å². The molecule has 1 aliphatic rings. The molecule has 2 rings (SSSR count). The van der Waals surface area contributed by atoms with E-state index in [0.717, 1.165) is 0 Å². The molecule has 1 N–H and O–H groups in total. The molecule has 0 amide bonds. The highest BCUT2D eigenvalue weighted by Crippen LogP contribution is 2.21. The van der Waals surface area contributed by atoms with Gasteiger partial charge in [0.1, 0.15) is 5.82 Å². The molecular weight excluding hydrogens is 235 g/mol. The van der Waals surface area contributed by atoms with Crippen LogP contribution in [0.4, 0.5) is 4.39 Å². The molecule has 96 valence electrons. The summed E-state index contributed by atoms with van der Waals surface area (Å²) in [5.41, 5.74) is 0.507. The second kappa shape index (κ2) is 5.16. The van der Waals surface area contributed by atoms with E-state index in [1.165, 1.54) is 29.2 Å². The lowest BCUT2D eigenvalue weighted by Crippen LogP contribution is -2.45. The first kappa shape index (κ1) is 12.5. The molecule has 0 unspecified atom stereocenters. The van der Waals surface area contributed by atoms with Crippen LogP contribution in [0.2, 0.25) is 0 Å². The highest BCUT2D eigenvalue weighted by molar-refractivity contribution is 5.97. The Morgan fingerprint density at radius 3 is 2.33 bits per heavy atom. The van der Waals surface area contributed by atoms with Gasteiger partial charge in [0.05, 0.1) is 0 Å². The molecule has 0 aliphatic carbocycles. The third-order valence-corrected chi connectivity index (χ3v) is 3.28. The zero-order valence-electron chi connectivity index (χ0n) is 9.86. The van der Waals surface area contributed by atoms with E-state index in [2.05, 4.69) is 0 Å². The third kappa shape index (κ3) is 2.67. The summed E-state index contributed by atoms with van der Waals surface area (Å²) in [6, 6.07) is 4.83. The molecule has 0 aromatic heterocycles. The van der Waals surface area contributed by atoms with Crippen LogP contribution in [0.25, 0.3) is 0 Å². The van der Waals surface area contributed by atoms with E-state index in [9.17, 15) is 14.3 Å². The largest absolute Gasteiger partial charge is 0.846 e. The molecule has 1 heterocycles. The SMILES string of the molecule is N=C([O-])N1CCC(C(=O)c2ccc(F)cc2)CC1. The van der Waals surface area contributed by atoms with Crippen LogP contribution in [-0.4, -0.2) is 29.8 Å². The number of ketones is 1. The number of halogens is 1. The summed E-state index contributed by atoms with van der Waals surface area (Å²) in [5.74, 6) is -0.501. The van der Waals surface area contributed by atoms with Crippen LogP contribution in [0.1, 0.15) is 23.2 Å². The van der Waals surface area contributed by atoms with Crippen LogP contribution < -0.4 is 5.11 Å². The number of piperidine rings is 1. The lowest BCUT2D eigenvalue weighted by molar-refractivity contribution is -0.237. The summed E-state index contributed by atoms with van der Waals surface area (Å²) < 4.78 is 12.8. The van der Waals surface area contributed by atoms with Crippen molar-refractivity contribution >= 4 is 11.8 Å². The maximum Gasteiger partial charge on any atom is 0.166 e. The Hall–Kier alpha value is -1.91. The van der Waals surface area contributed by atoms with Gasteiger partial charge in [-0.25, -0.2) is 4.39 Å². The number of hydrogen-bond donors (Lipinski definition) is 1. The van der Waals surface area contributed by atoms with E-state index < -0.39 is 6.02 Å². The number of carbonyl (C=O) groups excluding carboxylic acids is 1. The average molecular weight is 249 g/mol. The van der Waals surface area contributed by atoms with Crippen molar-refractivity contribution in [1.82, 2.24) is 4.90 Å². The van der Waals surface area contributed by atoms with Gasteiger partial charge in [-0.1, -0.05) is 0 Å². The lowest BCUT2D eigenvalue weighted by atomic mass is 9.89. The second-order valence-electron chi connectivity index (χ2n) is 4.44. The number of carbonyl (C=O) groups is 1. The van der Waals surface area contributed by atoms with Gasteiger partial charge in [-0.3, -0.25) is 10.2 Å². The normalized spacial score (nSPS) is 16.6. The summed E-state index contributed by atoms with van der Waals surface area (Å²) >= 11 is 0. The van der Waals surface area contributed by atoms with E-state index >= 15 is 0 Å². The van der Waals surface area contributed by atoms with Crippen LogP contribution in [-0.2, 0) is 0 Å². The number of likely N-dealkylation sites (tertiary alicyclic amines) is 1. The fourth-order valence-corrected chi connectivity index (χ4v) is 2.19. The van der Waals surface area contributed by atoms with Gasteiger partial charge >= 0.3 is 0 Å². The lowest BCUT2D eigenvalue weighted by Gasteiger charge is -2.35. The molecule has 1 aromatic rings. The first-order chi connectivity index (χ1) is 8.58. The van der Waals surface area contributed by atoms with Crippen molar-refractivity contribution in [3.63, 3.8) is 0 Å². The number of amidine groups is 1. The molecule has 1 aromatic carbocycles. The van der Waals surface area contributed by atoms with Gasteiger partial charge in [0.25, 0.3) is 0 Å². The quantitative estimate of drug-likeness (QED) is 0.483. The predicted octanol–water partition coefficient (Wildman–Crippen LogP) is 1.02. The van der Waals surface area contributed by atoms with Crippen molar-refractivity contribution in [1.29, 1.82) is 5.41 Å². The fourth-order valence-electron chi connectivity index (χ4n) is 2.19. The van der Waals surface area contributed by atoms with E-state index in [-0.39, 0.29) is 17.5 Å². The summed E-state index contributed by atoms with van der Waals surface area (Å²) in [5, 5.41) is 17.8. The Labute approximate surface area is 105 Å². The van der Waals surface area contributed by atoms with Crippen LogP contribution >= 0.6 is 0 Å². The van der Waals surface area contributed by atoms with Crippen molar-refractivity contribution < 1.29 is 14.3 Å². The molecule has 5 heteroatoms. The minimum Gasteiger partial charge on any atom is -0.846 e. The molecule has 1 fully saturated rings. The highest BCUT2D eigenvalue weighted by Gasteiger charge is 2.25. The molecule has 1 saturated heterocycles. The van der Waals surface area contributed by atoms with Gasteiger partial charge in [0.15, 0.2) is 5.78 Å². The molecule has 1 aliphatic heterocycles. The summed E-state index contributed by atoms with van der Waals surface area (Å²) in [6.07, 6.45) is 1.14. The van der Waals surface area contributed by atoms with Crippen LogP contribution in [0, 0.1) is 17.1 Å². The molecular formula is C13H14FN2O2-. The van der Waals surface area contributed by atoms with E-state index in [4.69, 9.17) is 5.41 Å². The third-order valence-electron chi connectivity index (χ3n) is 3.28. The fraction of sp³-hybridized carbons (Fsp3) is 0.385. The number of benzene rings is 1. The summed E-state index contributed by atoms with van der Waals surface area (Å²) in [7, 11) is 0. The Kier molecular flexibility index (Phi) is 3.60. The topological polar surface area (TPSA) is 67.2 Å². The molecule has 0 atom stereocenters. The van der Waals surface area contributed by atoms with Gasteiger partial charge in [-0.15, -0.1) is 0 Å². The highest BCUT2D eigenvalue weighted by atomic mass is 19.1. The van der Waals surface area contributed by atoms with Gasteiger partial charge < -0.3 is 10.0 Å². The monoisotopic (exact) mass is 249 g/mol. The van der Waals surface area contributed by atoms with Crippen LogP contribution in [0.3, 0.4) is 0 Å². The van der Waals surface area contributed by atoms with Crippen LogP contribution in [0.15, 0.2) is 24.3 Å². The molecule has 4 nitrogen and oxygen atoms in total. The van der Waals surface area contributed by atoms with Crippen molar-refractivity contribution in [2.24, 2.45) is 5.92 Å². The number of nitrogens with zero attached hydrogens (tertiary/aromatic N) is 1. The first-order valence-electron chi connectivity index (χ1n) is 5.88. The Balaban J connectivity index is 1.99. The van der Waals surface area contributed by atoms with Crippen molar-refractivity contribution in [3.8, 4) is 0 Å². The van der Waals surface area contributed by atoms with Crippen molar-refractivity contribution in [2.75, 3.05) is 13.1 Å². The maximum atomic E-state index is 12.8. The molecule has 0 spiro atoms. The van der Waals surface area contributed by atoms with Crippen molar-refractivity contribution in [2.45, 2.75) is 12.8 Å². The molecule has 18 heavy (non-hydrogen) atoms. The number of Topliss-reactive ketones (excluding diaryl/α,β-unsaturated/α-hetero) is 1. The Morgan fingerprint density at radius 2 is 1.83 bits per heavy atom. The number of rotatable bonds is 2. The summed E-state index contributed by atoms with van der Waals surface area (Å²) in [6.45, 7) is 0.889. The molecule has 0 saturated carbocycles. The zero-order chi connectivity index (χ0) is 13.1. The van der Waals surface area contributed by atoms with Crippen molar-refractivity contribution in [3.05, 3.63) is 35.6 Å². The second-order valence-corrected chi connectivity index (χ2v) is 4.44. The zero-order valence-corrected chi connectivity index (χ0v) is 9.86. The number of hydrogen-bond acceptors (Lipinski definition) is 3. The van der Waals surface area contributed by atoms with E-state index in [0.29, 0.717) is 31.5 Å². The van der Waals surface area contributed by atoms with Gasteiger partial charge in [-0.05, 0) is 37.1 Å². The van der Waals surface area contributed by atoms with E-state index in [1.54, 1.807) is 0 Å². The Morgan fingerprint density at radius 1 is 1.28 bits per heavy atom. The Bertz CT molecular complexity index is 451. The minimum absolute atomic E-state index is 0.00733. The summed E-state index contributed by atoms with van der Waals surface area (Å²) in [4.78, 5) is 13.5. The smallest absolute Gasteiger partial charge is 0.166 e. The van der Waals surface area contributed by atoms with E-state index in [1.807, 2.05) is 0 Å². The van der Waals surface area contributed by atoms with Gasteiger partial charge in [0.2, 0.25) is 0 Å². The standard InChI is InChI=1S/C13H15FN2O2/c14-11-3-1-9(2-4-11)12(17)10-5-7-16(8-6-10)13(15)18/h1-4,10H,5-8H2,(H2,15,18)/p-1. The average Bonchev–Trinajstić information content (AvgIpc) is 2.39. The molecule has 0 radical (unpaired) electrons. The maximum absolute atomic E-state index is 12.8. The van der Waals surface area contributed by atoms with Crippen LogP contribution in [0.5, 0.6) is 0 Å².